The van der Waals surface area contributed by atoms with E-state index in [0.717, 1.165) is 17.3 Å². The normalized spacial score (nSPS) is 10.5. The van der Waals surface area contributed by atoms with Gasteiger partial charge < -0.3 is 15.5 Å². The summed E-state index contributed by atoms with van der Waals surface area (Å²) in [7, 11) is 0. The van der Waals surface area contributed by atoms with Crippen LogP contribution in [0.5, 0.6) is 0 Å². The Morgan fingerprint density at radius 1 is 1.12 bits per heavy atom. The SMILES string of the molecule is NC(=O)c1ccccc1NC(=O)CSc1nnc(-c2ccc(Cl)cc2)o1. The Kier molecular flexibility index (Phi) is 5.55. The zero-order valence-corrected chi connectivity index (χ0v) is 14.9. The molecule has 0 aliphatic heterocycles. The number of nitrogens with two attached hydrogens (primary N) is 1. The van der Waals surface area contributed by atoms with Crippen LogP contribution < -0.4 is 11.1 Å². The summed E-state index contributed by atoms with van der Waals surface area (Å²) < 4.78 is 5.52. The molecule has 1 heterocycles. The van der Waals surface area contributed by atoms with Gasteiger partial charge in [0.25, 0.3) is 11.1 Å². The summed E-state index contributed by atoms with van der Waals surface area (Å²) in [4.78, 5) is 23.5. The van der Waals surface area contributed by atoms with E-state index < -0.39 is 5.91 Å². The highest BCUT2D eigenvalue weighted by Crippen LogP contribution is 2.24. The number of amides is 2. The van der Waals surface area contributed by atoms with Gasteiger partial charge in [-0.15, -0.1) is 10.2 Å². The minimum atomic E-state index is -0.613. The van der Waals surface area contributed by atoms with Crippen LogP contribution in [0.2, 0.25) is 5.02 Å². The van der Waals surface area contributed by atoms with Gasteiger partial charge in [0, 0.05) is 10.6 Å². The molecule has 3 rings (SSSR count). The number of hydrogen-bond acceptors (Lipinski definition) is 6. The highest BCUT2D eigenvalue weighted by atomic mass is 35.5. The summed E-state index contributed by atoms with van der Waals surface area (Å²) in [5.74, 6) is -0.563. The van der Waals surface area contributed by atoms with Crippen molar-refractivity contribution in [1.82, 2.24) is 10.2 Å². The number of carbonyl (C=O) groups excluding carboxylic acids is 2. The van der Waals surface area contributed by atoms with Gasteiger partial charge in [0.05, 0.1) is 17.0 Å². The van der Waals surface area contributed by atoms with E-state index in [1.54, 1.807) is 48.5 Å². The van der Waals surface area contributed by atoms with E-state index in [-0.39, 0.29) is 22.4 Å². The first-order valence-electron chi connectivity index (χ1n) is 7.44. The molecule has 7 nitrogen and oxygen atoms in total. The van der Waals surface area contributed by atoms with Crippen LogP contribution in [0, 0.1) is 0 Å². The van der Waals surface area contributed by atoms with Gasteiger partial charge in [0.15, 0.2) is 0 Å². The van der Waals surface area contributed by atoms with Crippen LogP contribution in [0.3, 0.4) is 0 Å². The van der Waals surface area contributed by atoms with E-state index in [1.165, 1.54) is 0 Å². The van der Waals surface area contributed by atoms with Crippen molar-refractivity contribution in [2.24, 2.45) is 5.73 Å². The van der Waals surface area contributed by atoms with Crippen molar-refractivity contribution >= 4 is 40.9 Å². The number of carbonyl (C=O) groups is 2. The molecule has 0 unspecified atom stereocenters. The quantitative estimate of drug-likeness (QED) is 0.627. The van der Waals surface area contributed by atoms with Crippen LogP contribution in [0.25, 0.3) is 11.5 Å². The fourth-order valence-electron chi connectivity index (χ4n) is 2.10. The van der Waals surface area contributed by atoms with Crippen molar-refractivity contribution in [3.63, 3.8) is 0 Å². The second-order valence-electron chi connectivity index (χ2n) is 5.13. The topological polar surface area (TPSA) is 111 Å². The number of para-hydroxylation sites is 1. The van der Waals surface area contributed by atoms with Crippen molar-refractivity contribution in [2.75, 3.05) is 11.1 Å². The van der Waals surface area contributed by atoms with Crippen LogP contribution in [0.4, 0.5) is 5.69 Å². The van der Waals surface area contributed by atoms with E-state index in [9.17, 15) is 9.59 Å². The third kappa shape index (κ3) is 4.41. The summed E-state index contributed by atoms with van der Waals surface area (Å²) in [6.07, 6.45) is 0. The number of nitrogens with one attached hydrogen (secondary N) is 1. The molecule has 2 aromatic carbocycles. The maximum atomic E-state index is 12.1. The number of rotatable bonds is 6. The van der Waals surface area contributed by atoms with Crippen LogP contribution in [0.15, 0.2) is 58.2 Å². The zero-order valence-electron chi connectivity index (χ0n) is 13.3. The molecule has 0 aliphatic rings. The van der Waals surface area contributed by atoms with Crippen LogP contribution in [0.1, 0.15) is 10.4 Å². The first-order chi connectivity index (χ1) is 12.5. The van der Waals surface area contributed by atoms with Gasteiger partial charge in [-0.05, 0) is 36.4 Å². The minimum Gasteiger partial charge on any atom is -0.411 e. The molecule has 26 heavy (non-hydrogen) atoms. The van der Waals surface area contributed by atoms with Gasteiger partial charge in [-0.25, -0.2) is 0 Å². The smallest absolute Gasteiger partial charge is 0.277 e. The Morgan fingerprint density at radius 2 is 1.85 bits per heavy atom. The third-order valence-corrected chi connectivity index (χ3v) is 4.36. The lowest BCUT2D eigenvalue weighted by Gasteiger charge is -2.07. The van der Waals surface area contributed by atoms with Crippen molar-refractivity contribution in [2.45, 2.75) is 5.22 Å². The predicted molar refractivity (Wildman–Crippen MR) is 99.1 cm³/mol. The molecule has 0 fully saturated rings. The number of primary amides is 1. The molecular weight excluding hydrogens is 376 g/mol. The number of halogens is 1. The molecular formula is C17H13ClN4O3S. The number of anilines is 1. The summed E-state index contributed by atoms with van der Waals surface area (Å²) in [5, 5.41) is 11.3. The van der Waals surface area contributed by atoms with Crippen molar-refractivity contribution < 1.29 is 14.0 Å². The molecule has 132 valence electrons. The molecule has 0 bridgehead atoms. The van der Waals surface area contributed by atoms with Crippen molar-refractivity contribution in [1.29, 1.82) is 0 Å². The lowest BCUT2D eigenvalue weighted by molar-refractivity contribution is -0.113. The van der Waals surface area contributed by atoms with Crippen LogP contribution >= 0.6 is 23.4 Å². The van der Waals surface area contributed by atoms with Crippen LogP contribution in [-0.2, 0) is 4.79 Å². The molecule has 0 saturated carbocycles. The lowest BCUT2D eigenvalue weighted by Crippen LogP contribution is -2.19. The Morgan fingerprint density at radius 3 is 2.58 bits per heavy atom. The predicted octanol–water partition coefficient (Wildman–Crippen LogP) is 3.22. The summed E-state index contributed by atoms with van der Waals surface area (Å²) in [6.45, 7) is 0. The van der Waals surface area contributed by atoms with Gasteiger partial charge >= 0.3 is 0 Å². The fraction of sp³-hybridized carbons (Fsp3) is 0.0588. The molecule has 0 spiro atoms. The van der Waals surface area contributed by atoms with Crippen molar-refractivity contribution in [3.05, 3.63) is 59.1 Å². The van der Waals surface area contributed by atoms with Gasteiger partial charge in [0.1, 0.15) is 0 Å². The molecule has 1 aromatic heterocycles. The van der Waals surface area contributed by atoms with E-state index in [2.05, 4.69) is 15.5 Å². The van der Waals surface area contributed by atoms with Gasteiger partial charge in [-0.2, -0.15) is 0 Å². The molecule has 9 heteroatoms. The second kappa shape index (κ2) is 8.03. The maximum Gasteiger partial charge on any atom is 0.277 e. The Bertz CT molecular complexity index is 943. The number of thioether (sulfide) groups is 1. The highest BCUT2D eigenvalue weighted by Gasteiger charge is 2.13. The molecule has 2 amide bonds. The molecule has 0 atom stereocenters. The van der Waals surface area contributed by atoms with Gasteiger partial charge in [-0.1, -0.05) is 35.5 Å². The monoisotopic (exact) mass is 388 g/mol. The number of nitrogens with zero attached hydrogens (tertiary/aromatic N) is 2. The third-order valence-electron chi connectivity index (χ3n) is 3.29. The Labute approximate surface area is 157 Å². The first kappa shape index (κ1) is 18.0. The molecule has 3 N–H and O–H groups in total. The average molecular weight is 389 g/mol. The minimum absolute atomic E-state index is 0.0371. The second-order valence-corrected chi connectivity index (χ2v) is 6.49. The Hall–Kier alpha value is -2.84. The maximum absolute atomic E-state index is 12.1. The number of hydrogen-bond donors (Lipinski definition) is 2. The summed E-state index contributed by atoms with van der Waals surface area (Å²) in [5.41, 5.74) is 6.62. The molecule has 0 aliphatic carbocycles. The molecule has 3 aromatic rings. The van der Waals surface area contributed by atoms with Gasteiger partial charge in [-0.3, -0.25) is 9.59 Å². The van der Waals surface area contributed by atoms with Crippen molar-refractivity contribution in [3.8, 4) is 11.5 Å². The number of benzene rings is 2. The summed E-state index contributed by atoms with van der Waals surface area (Å²) >= 11 is 6.93. The Balaban J connectivity index is 1.60. The van der Waals surface area contributed by atoms with E-state index >= 15 is 0 Å². The van der Waals surface area contributed by atoms with E-state index in [0.29, 0.717) is 16.6 Å². The van der Waals surface area contributed by atoms with E-state index in [4.69, 9.17) is 21.8 Å². The van der Waals surface area contributed by atoms with Gasteiger partial charge in [0.2, 0.25) is 11.8 Å². The summed E-state index contributed by atoms with van der Waals surface area (Å²) in [6, 6.07) is 13.5. The standard InChI is InChI=1S/C17H13ClN4O3S/c18-11-7-5-10(6-8-11)16-21-22-17(25-16)26-9-14(23)20-13-4-2-1-3-12(13)15(19)24/h1-8H,9H2,(H2,19,24)(H,20,23). The lowest BCUT2D eigenvalue weighted by atomic mass is 10.1. The fourth-order valence-corrected chi connectivity index (χ4v) is 2.79. The number of aromatic nitrogens is 2. The van der Waals surface area contributed by atoms with E-state index in [1.807, 2.05) is 0 Å². The zero-order chi connectivity index (χ0) is 18.5. The van der Waals surface area contributed by atoms with Crippen LogP contribution in [-0.4, -0.2) is 27.8 Å². The first-order valence-corrected chi connectivity index (χ1v) is 8.80. The molecule has 0 radical (unpaired) electrons. The average Bonchev–Trinajstić information content (AvgIpc) is 3.10. The highest BCUT2D eigenvalue weighted by molar-refractivity contribution is 7.99. The largest absolute Gasteiger partial charge is 0.411 e. The molecule has 0 saturated heterocycles.